The second-order valence-electron chi connectivity index (χ2n) is 8.35. The molecule has 2 aromatic rings. The number of aliphatic hydroxyl groups is 1. The number of aromatic nitrogens is 6. The maximum Gasteiger partial charge on any atom is 0.123 e. The van der Waals surface area contributed by atoms with Crippen molar-refractivity contribution in [1.82, 2.24) is 34.9 Å². The summed E-state index contributed by atoms with van der Waals surface area (Å²) in [6, 6.07) is 0.233. The first-order valence-electron chi connectivity index (χ1n) is 8.96. The number of nitrogens with zero attached hydrogens (tertiary/aromatic N) is 7. The van der Waals surface area contributed by atoms with Crippen LogP contribution in [0.5, 0.6) is 0 Å². The van der Waals surface area contributed by atoms with E-state index in [-0.39, 0.29) is 11.6 Å². The van der Waals surface area contributed by atoms with Crippen LogP contribution in [0.1, 0.15) is 64.9 Å². The molecule has 0 amide bonds. The van der Waals surface area contributed by atoms with Gasteiger partial charge in [0.1, 0.15) is 11.3 Å². The van der Waals surface area contributed by atoms with E-state index in [4.69, 9.17) is 0 Å². The number of rotatable bonds is 4. The summed E-state index contributed by atoms with van der Waals surface area (Å²) < 4.78 is 3.67. The number of β-amino-alcohol motifs (C(OH)–C–C–N with tert-alkyl or cyclic N) is 1. The van der Waals surface area contributed by atoms with Crippen molar-refractivity contribution in [2.75, 3.05) is 13.1 Å². The Morgan fingerprint density at radius 3 is 2.56 bits per heavy atom. The van der Waals surface area contributed by atoms with Crippen LogP contribution in [-0.4, -0.2) is 53.1 Å². The Kier molecular flexibility index (Phi) is 4.68. The molecule has 0 saturated carbocycles. The minimum absolute atomic E-state index is 0.0801. The SMILES string of the molecule is CC(C)n1cc(C2(O)CCCN(Cc3cn(C(C)(C)C)nn3)C2)nn1. The van der Waals surface area contributed by atoms with Crippen LogP contribution in [0.15, 0.2) is 12.4 Å². The predicted octanol–water partition coefficient (Wildman–Crippen LogP) is 1.69. The van der Waals surface area contributed by atoms with Crippen molar-refractivity contribution in [3.8, 4) is 0 Å². The van der Waals surface area contributed by atoms with Crippen LogP contribution in [0.4, 0.5) is 0 Å². The predicted molar refractivity (Wildman–Crippen MR) is 93.8 cm³/mol. The molecule has 1 aliphatic rings. The minimum atomic E-state index is -0.953. The summed E-state index contributed by atoms with van der Waals surface area (Å²) in [6.07, 6.45) is 5.47. The molecule has 0 aromatic carbocycles. The average Bonchev–Trinajstić information content (AvgIpc) is 3.16. The second-order valence-corrected chi connectivity index (χ2v) is 8.35. The van der Waals surface area contributed by atoms with E-state index >= 15 is 0 Å². The third kappa shape index (κ3) is 3.90. The molecule has 138 valence electrons. The molecule has 8 nitrogen and oxygen atoms in total. The highest BCUT2D eigenvalue weighted by Crippen LogP contribution is 2.31. The molecule has 1 atom stereocenters. The lowest BCUT2D eigenvalue weighted by atomic mass is 9.90. The molecule has 0 radical (unpaired) electrons. The van der Waals surface area contributed by atoms with Gasteiger partial charge in [0.15, 0.2) is 0 Å². The molecule has 1 unspecified atom stereocenters. The number of hydrogen-bond acceptors (Lipinski definition) is 6. The Morgan fingerprint density at radius 1 is 1.20 bits per heavy atom. The molecule has 0 spiro atoms. The zero-order valence-corrected chi connectivity index (χ0v) is 15.8. The summed E-state index contributed by atoms with van der Waals surface area (Å²) in [5, 5.41) is 28.0. The molecule has 1 fully saturated rings. The van der Waals surface area contributed by atoms with Gasteiger partial charge in [-0.3, -0.25) is 4.90 Å². The van der Waals surface area contributed by atoms with Crippen molar-refractivity contribution in [2.24, 2.45) is 0 Å². The van der Waals surface area contributed by atoms with Crippen LogP contribution < -0.4 is 0 Å². The van der Waals surface area contributed by atoms with Crippen molar-refractivity contribution < 1.29 is 5.11 Å². The van der Waals surface area contributed by atoms with Crippen LogP contribution in [-0.2, 0) is 17.7 Å². The summed E-state index contributed by atoms with van der Waals surface area (Å²) in [5.74, 6) is 0. The molecule has 1 aliphatic heterocycles. The maximum absolute atomic E-state index is 11.1. The Balaban J connectivity index is 1.71. The van der Waals surface area contributed by atoms with Gasteiger partial charge in [0.2, 0.25) is 0 Å². The van der Waals surface area contributed by atoms with E-state index in [1.807, 2.05) is 30.9 Å². The van der Waals surface area contributed by atoms with Crippen molar-refractivity contribution in [1.29, 1.82) is 0 Å². The second kappa shape index (κ2) is 6.49. The van der Waals surface area contributed by atoms with Gasteiger partial charge in [-0.25, -0.2) is 9.36 Å². The summed E-state index contributed by atoms with van der Waals surface area (Å²) in [5.41, 5.74) is 0.545. The maximum atomic E-state index is 11.1. The van der Waals surface area contributed by atoms with E-state index in [0.717, 1.165) is 18.7 Å². The molecule has 1 saturated heterocycles. The van der Waals surface area contributed by atoms with Crippen molar-refractivity contribution in [3.63, 3.8) is 0 Å². The van der Waals surface area contributed by atoms with E-state index in [0.29, 0.717) is 25.2 Å². The Morgan fingerprint density at radius 2 is 1.96 bits per heavy atom. The molecule has 25 heavy (non-hydrogen) atoms. The fourth-order valence-electron chi connectivity index (χ4n) is 3.14. The summed E-state index contributed by atoms with van der Waals surface area (Å²) in [4.78, 5) is 2.22. The third-order valence-corrected chi connectivity index (χ3v) is 4.68. The first kappa shape index (κ1) is 18.0. The molecule has 1 N–H and O–H groups in total. The van der Waals surface area contributed by atoms with Crippen LogP contribution >= 0.6 is 0 Å². The smallest absolute Gasteiger partial charge is 0.123 e. The van der Waals surface area contributed by atoms with E-state index in [1.165, 1.54) is 0 Å². The summed E-state index contributed by atoms with van der Waals surface area (Å²) in [6.45, 7) is 12.5. The molecular formula is C17H29N7O. The van der Waals surface area contributed by atoms with Crippen molar-refractivity contribution >= 4 is 0 Å². The zero-order valence-electron chi connectivity index (χ0n) is 15.8. The van der Waals surface area contributed by atoms with E-state index in [9.17, 15) is 5.11 Å². The van der Waals surface area contributed by atoms with Crippen LogP contribution in [0, 0.1) is 0 Å². The van der Waals surface area contributed by atoms with Gasteiger partial charge in [-0.2, -0.15) is 0 Å². The van der Waals surface area contributed by atoms with Gasteiger partial charge >= 0.3 is 0 Å². The lowest BCUT2D eigenvalue weighted by Gasteiger charge is -2.37. The highest BCUT2D eigenvalue weighted by Gasteiger charge is 2.37. The highest BCUT2D eigenvalue weighted by molar-refractivity contribution is 5.10. The third-order valence-electron chi connectivity index (χ3n) is 4.68. The fraction of sp³-hybridized carbons (Fsp3) is 0.765. The number of likely N-dealkylation sites (tertiary alicyclic amines) is 1. The van der Waals surface area contributed by atoms with Crippen LogP contribution in [0.3, 0.4) is 0 Å². The normalized spacial score (nSPS) is 22.7. The van der Waals surface area contributed by atoms with E-state index in [1.54, 1.807) is 4.68 Å². The van der Waals surface area contributed by atoms with Gasteiger partial charge < -0.3 is 5.11 Å². The first-order valence-corrected chi connectivity index (χ1v) is 8.96. The van der Waals surface area contributed by atoms with Gasteiger partial charge in [0.25, 0.3) is 0 Å². The molecule has 2 aromatic heterocycles. The Hall–Kier alpha value is -1.80. The molecular weight excluding hydrogens is 318 g/mol. The van der Waals surface area contributed by atoms with E-state index in [2.05, 4.69) is 46.3 Å². The van der Waals surface area contributed by atoms with Crippen LogP contribution in [0.2, 0.25) is 0 Å². The molecule has 3 rings (SSSR count). The Bertz CT molecular complexity index is 715. The summed E-state index contributed by atoms with van der Waals surface area (Å²) in [7, 11) is 0. The van der Waals surface area contributed by atoms with Gasteiger partial charge in [0, 0.05) is 19.1 Å². The largest absolute Gasteiger partial charge is 0.382 e. The molecule has 0 aliphatic carbocycles. The lowest BCUT2D eigenvalue weighted by Crippen LogP contribution is -2.46. The highest BCUT2D eigenvalue weighted by atomic mass is 16.3. The first-order chi connectivity index (χ1) is 11.7. The van der Waals surface area contributed by atoms with Gasteiger partial charge in [-0.1, -0.05) is 10.4 Å². The quantitative estimate of drug-likeness (QED) is 0.906. The van der Waals surface area contributed by atoms with Crippen molar-refractivity contribution in [3.05, 3.63) is 23.8 Å². The lowest BCUT2D eigenvalue weighted by molar-refractivity contribution is -0.0417. The minimum Gasteiger partial charge on any atom is -0.382 e. The average molecular weight is 347 g/mol. The van der Waals surface area contributed by atoms with E-state index < -0.39 is 5.60 Å². The van der Waals surface area contributed by atoms with Crippen molar-refractivity contribution in [2.45, 2.75) is 71.2 Å². The topological polar surface area (TPSA) is 84.9 Å². The monoisotopic (exact) mass is 347 g/mol. The van der Waals surface area contributed by atoms with Gasteiger partial charge in [0.05, 0.1) is 23.6 Å². The van der Waals surface area contributed by atoms with Gasteiger partial charge in [-0.15, -0.1) is 10.2 Å². The van der Waals surface area contributed by atoms with Gasteiger partial charge in [-0.05, 0) is 54.0 Å². The molecule has 8 heteroatoms. The fourth-order valence-corrected chi connectivity index (χ4v) is 3.14. The summed E-state index contributed by atoms with van der Waals surface area (Å²) >= 11 is 0. The number of hydrogen-bond donors (Lipinski definition) is 1. The van der Waals surface area contributed by atoms with Crippen LogP contribution in [0.25, 0.3) is 0 Å². The molecule has 3 heterocycles. The standard InChI is InChI=1S/C17H29N7O/c1-13(2)23-11-15(19-20-23)17(25)7-6-8-22(12-17)9-14-10-24(21-18-14)16(3,4)5/h10-11,13,25H,6-9,12H2,1-5H3. The Labute approximate surface area is 148 Å². The zero-order chi connectivity index (χ0) is 18.2. The number of piperidine rings is 1. The molecule has 0 bridgehead atoms.